The van der Waals surface area contributed by atoms with Gasteiger partial charge in [0.15, 0.2) is 0 Å². The van der Waals surface area contributed by atoms with E-state index in [9.17, 15) is 9.65 Å². The average molecular weight is 318 g/mol. The van der Waals surface area contributed by atoms with Crippen molar-refractivity contribution in [3.63, 3.8) is 0 Å². The van der Waals surface area contributed by atoms with Crippen molar-refractivity contribution < 1.29 is 9.13 Å². The van der Waals surface area contributed by atoms with Gasteiger partial charge in [-0.05, 0) is 49.6 Å². The number of hydrogen-bond acceptors (Lipinski definition) is 2. The second kappa shape index (κ2) is 7.82. The largest absolute Gasteiger partial charge is 0.494 e. The smallest absolute Gasteiger partial charge is 0.127 e. The molecule has 4 heteroatoms. The Morgan fingerprint density at radius 1 is 1.27 bits per heavy atom. The molecule has 1 unspecified atom stereocenters. The summed E-state index contributed by atoms with van der Waals surface area (Å²) >= 11 is 5.96. The Bertz CT molecular complexity index is 681. The molecule has 0 radical (unpaired) electrons. The van der Waals surface area contributed by atoms with E-state index in [1.54, 1.807) is 24.3 Å². The third-order valence-electron chi connectivity index (χ3n) is 3.47. The second-order valence-corrected chi connectivity index (χ2v) is 5.51. The molecule has 2 aromatic carbocycles. The van der Waals surface area contributed by atoms with Crippen LogP contribution in [0.1, 0.15) is 29.9 Å². The summed E-state index contributed by atoms with van der Waals surface area (Å²) in [5.41, 5.74) is 1.41. The molecule has 114 valence electrons. The van der Waals surface area contributed by atoms with Crippen molar-refractivity contribution >= 4 is 11.6 Å². The van der Waals surface area contributed by atoms with Crippen LogP contribution in [0.4, 0.5) is 4.39 Å². The van der Waals surface area contributed by atoms with Crippen LogP contribution in [0.25, 0.3) is 0 Å². The number of aryl methyl sites for hydroxylation is 1. The summed E-state index contributed by atoms with van der Waals surface area (Å²) in [6.45, 7) is 2.40. The maximum Gasteiger partial charge on any atom is 0.127 e. The third-order valence-corrected chi connectivity index (χ3v) is 3.90. The fourth-order valence-electron chi connectivity index (χ4n) is 2.23. The summed E-state index contributed by atoms with van der Waals surface area (Å²) in [5.74, 6) is -0.0265. The van der Waals surface area contributed by atoms with Crippen LogP contribution in [-0.4, -0.2) is 6.61 Å². The van der Waals surface area contributed by atoms with Crippen LogP contribution in [0.2, 0.25) is 5.02 Å². The van der Waals surface area contributed by atoms with Crippen LogP contribution in [0.5, 0.6) is 5.75 Å². The molecule has 0 heterocycles. The maximum atomic E-state index is 13.7. The lowest BCUT2D eigenvalue weighted by molar-refractivity contribution is 0.304. The van der Waals surface area contributed by atoms with Crippen molar-refractivity contribution in [2.45, 2.75) is 25.7 Å². The van der Waals surface area contributed by atoms with Gasteiger partial charge in [-0.15, -0.1) is 0 Å². The van der Waals surface area contributed by atoms with Gasteiger partial charge in [-0.1, -0.05) is 29.8 Å². The zero-order chi connectivity index (χ0) is 15.9. The quantitative estimate of drug-likeness (QED) is 0.681. The minimum Gasteiger partial charge on any atom is -0.494 e. The molecular weight excluding hydrogens is 301 g/mol. The van der Waals surface area contributed by atoms with E-state index >= 15 is 0 Å². The van der Waals surface area contributed by atoms with E-state index in [4.69, 9.17) is 16.3 Å². The Morgan fingerprint density at radius 2 is 2.05 bits per heavy atom. The first-order valence-corrected chi connectivity index (χ1v) is 7.52. The zero-order valence-corrected chi connectivity index (χ0v) is 13.1. The highest BCUT2D eigenvalue weighted by molar-refractivity contribution is 6.31. The molecule has 0 saturated carbocycles. The third kappa shape index (κ3) is 4.22. The van der Waals surface area contributed by atoms with E-state index in [-0.39, 0.29) is 5.82 Å². The number of nitriles is 1. The monoisotopic (exact) mass is 317 g/mol. The lowest BCUT2D eigenvalue weighted by atomic mass is 9.95. The van der Waals surface area contributed by atoms with Crippen LogP contribution in [0.3, 0.4) is 0 Å². The second-order valence-electron chi connectivity index (χ2n) is 5.10. The van der Waals surface area contributed by atoms with Gasteiger partial charge in [-0.2, -0.15) is 5.26 Å². The van der Waals surface area contributed by atoms with Crippen molar-refractivity contribution in [3.05, 3.63) is 64.4 Å². The molecular formula is C18H17ClFNO. The lowest BCUT2D eigenvalue weighted by Gasteiger charge is -2.11. The summed E-state index contributed by atoms with van der Waals surface area (Å²) < 4.78 is 19.3. The average Bonchev–Trinajstić information content (AvgIpc) is 2.52. The molecule has 2 aromatic rings. The Morgan fingerprint density at radius 3 is 2.73 bits per heavy atom. The van der Waals surface area contributed by atoms with E-state index in [2.05, 4.69) is 6.07 Å². The molecule has 0 N–H and O–H groups in total. The molecule has 2 rings (SSSR count). The van der Waals surface area contributed by atoms with E-state index in [1.165, 1.54) is 6.07 Å². The molecule has 0 bridgehead atoms. The lowest BCUT2D eigenvalue weighted by Crippen LogP contribution is -2.03. The van der Waals surface area contributed by atoms with Gasteiger partial charge in [0, 0.05) is 10.6 Å². The molecule has 0 aliphatic rings. The Labute approximate surface area is 135 Å². The van der Waals surface area contributed by atoms with Crippen molar-refractivity contribution in [2.75, 3.05) is 6.61 Å². The molecule has 1 atom stereocenters. The number of benzene rings is 2. The van der Waals surface area contributed by atoms with Crippen LogP contribution in [0, 0.1) is 24.1 Å². The maximum absolute atomic E-state index is 13.7. The fraction of sp³-hybridized carbons (Fsp3) is 0.278. The highest BCUT2D eigenvalue weighted by Gasteiger charge is 2.14. The van der Waals surface area contributed by atoms with Crippen LogP contribution < -0.4 is 4.74 Å². The van der Waals surface area contributed by atoms with Gasteiger partial charge in [0.1, 0.15) is 11.6 Å². The normalized spacial score (nSPS) is 11.7. The highest BCUT2D eigenvalue weighted by Crippen LogP contribution is 2.24. The minimum absolute atomic E-state index is 0.330. The van der Waals surface area contributed by atoms with Crippen LogP contribution >= 0.6 is 11.6 Å². The Hall–Kier alpha value is -2.05. The van der Waals surface area contributed by atoms with Gasteiger partial charge in [0.25, 0.3) is 0 Å². The first kappa shape index (κ1) is 16.3. The minimum atomic E-state index is -0.447. The van der Waals surface area contributed by atoms with Gasteiger partial charge >= 0.3 is 0 Å². The molecule has 0 spiro atoms. The summed E-state index contributed by atoms with van der Waals surface area (Å²) in [6.07, 6.45) is 1.23. The molecule has 0 aliphatic carbocycles. The van der Waals surface area contributed by atoms with Gasteiger partial charge < -0.3 is 4.74 Å². The van der Waals surface area contributed by atoms with Crippen LogP contribution in [-0.2, 0) is 0 Å². The standard InChI is InChI=1S/C18H17ClFNO/c1-13-11-15(8-9-17(13)19)22-10-4-5-14(12-21)16-6-2-3-7-18(16)20/h2-3,6-9,11,14H,4-5,10H2,1H3. The van der Waals surface area contributed by atoms with Gasteiger partial charge in [-0.25, -0.2) is 4.39 Å². The summed E-state index contributed by atoms with van der Waals surface area (Å²) in [6, 6.07) is 14.1. The van der Waals surface area contributed by atoms with Gasteiger partial charge in [-0.3, -0.25) is 0 Å². The van der Waals surface area contributed by atoms with Crippen molar-refractivity contribution in [3.8, 4) is 11.8 Å². The van der Waals surface area contributed by atoms with E-state index in [1.807, 2.05) is 19.1 Å². The summed E-state index contributed by atoms with van der Waals surface area (Å²) in [7, 11) is 0. The molecule has 0 amide bonds. The number of halogens is 2. The predicted octanol–water partition coefficient (Wildman–Crippen LogP) is 5.25. The summed E-state index contributed by atoms with van der Waals surface area (Å²) in [5, 5.41) is 9.92. The Kier molecular flexibility index (Phi) is 5.80. The van der Waals surface area contributed by atoms with Crippen molar-refractivity contribution in [1.82, 2.24) is 0 Å². The van der Waals surface area contributed by atoms with E-state index < -0.39 is 5.92 Å². The first-order valence-electron chi connectivity index (χ1n) is 7.15. The number of ether oxygens (including phenoxy) is 1. The number of rotatable bonds is 6. The number of hydrogen-bond donors (Lipinski definition) is 0. The summed E-state index contributed by atoms with van der Waals surface area (Å²) in [4.78, 5) is 0. The molecule has 0 fully saturated rings. The van der Waals surface area contributed by atoms with E-state index in [0.29, 0.717) is 30.0 Å². The van der Waals surface area contributed by atoms with Gasteiger partial charge in [0.2, 0.25) is 0 Å². The van der Waals surface area contributed by atoms with E-state index in [0.717, 1.165) is 11.3 Å². The fourth-order valence-corrected chi connectivity index (χ4v) is 2.35. The molecule has 0 aliphatic heterocycles. The topological polar surface area (TPSA) is 33.0 Å². The molecule has 2 nitrogen and oxygen atoms in total. The van der Waals surface area contributed by atoms with Crippen molar-refractivity contribution in [1.29, 1.82) is 5.26 Å². The van der Waals surface area contributed by atoms with Crippen LogP contribution in [0.15, 0.2) is 42.5 Å². The Balaban J connectivity index is 1.86. The zero-order valence-electron chi connectivity index (χ0n) is 12.4. The van der Waals surface area contributed by atoms with Crippen molar-refractivity contribution in [2.24, 2.45) is 0 Å². The predicted molar refractivity (Wildman–Crippen MR) is 85.7 cm³/mol. The first-order chi connectivity index (χ1) is 10.6. The SMILES string of the molecule is Cc1cc(OCCCC(C#N)c2ccccc2F)ccc1Cl. The molecule has 0 saturated heterocycles. The van der Waals surface area contributed by atoms with Gasteiger partial charge in [0.05, 0.1) is 18.6 Å². The highest BCUT2D eigenvalue weighted by atomic mass is 35.5. The molecule has 22 heavy (non-hydrogen) atoms. The number of nitrogens with zero attached hydrogens (tertiary/aromatic N) is 1. The molecule has 0 aromatic heterocycles.